The molecule has 4 nitrogen and oxygen atoms in total. The molecule has 0 radical (unpaired) electrons. The van der Waals surface area contributed by atoms with E-state index in [1.54, 1.807) is 24.1 Å². The van der Waals surface area contributed by atoms with Crippen molar-refractivity contribution in [3.8, 4) is 0 Å². The molecule has 0 aromatic heterocycles. The maximum absolute atomic E-state index is 12.9. The second-order valence-electron chi connectivity index (χ2n) is 4.82. The summed E-state index contributed by atoms with van der Waals surface area (Å²) in [6.45, 7) is 5.38. The Morgan fingerprint density at radius 3 is 2.45 bits per heavy atom. The van der Waals surface area contributed by atoms with Crippen LogP contribution in [0.15, 0.2) is 24.3 Å². The quantitative estimate of drug-likeness (QED) is 0.827. The number of halogens is 1. The van der Waals surface area contributed by atoms with Gasteiger partial charge < -0.3 is 10.0 Å². The average Bonchev–Trinajstić information content (AvgIpc) is 2.45. The van der Waals surface area contributed by atoms with E-state index in [1.807, 2.05) is 18.7 Å². The summed E-state index contributed by atoms with van der Waals surface area (Å²) in [6, 6.07) is 6.06. The summed E-state index contributed by atoms with van der Waals surface area (Å²) < 4.78 is 12.9. The second-order valence-corrected chi connectivity index (χ2v) is 4.82. The van der Waals surface area contributed by atoms with E-state index in [9.17, 15) is 9.18 Å². The minimum atomic E-state index is -0.282. The number of nitrogens with zero attached hydrogens (tertiary/aromatic N) is 2. The molecule has 1 amide bonds. The Kier molecular flexibility index (Phi) is 6.61. The van der Waals surface area contributed by atoms with Crippen LogP contribution in [-0.4, -0.2) is 54.1 Å². The fourth-order valence-corrected chi connectivity index (χ4v) is 1.97. The van der Waals surface area contributed by atoms with Crippen LogP contribution in [-0.2, 0) is 4.79 Å². The number of aliphatic hydroxyl groups is 1. The number of hydrogen-bond acceptors (Lipinski definition) is 3. The SMILES string of the molecule is CCN(CCO)CC(=O)N(C)C(C)c1ccc(F)cc1. The molecule has 1 aromatic rings. The molecule has 1 atom stereocenters. The van der Waals surface area contributed by atoms with Crippen molar-refractivity contribution in [2.75, 3.05) is 33.3 Å². The van der Waals surface area contributed by atoms with Gasteiger partial charge in [0, 0.05) is 13.6 Å². The maximum Gasteiger partial charge on any atom is 0.236 e. The van der Waals surface area contributed by atoms with Gasteiger partial charge in [0.2, 0.25) is 5.91 Å². The molecular formula is C15H23FN2O2. The van der Waals surface area contributed by atoms with Crippen molar-refractivity contribution in [1.82, 2.24) is 9.80 Å². The normalized spacial score (nSPS) is 12.5. The molecule has 0 aliphatic rings. The minimum absolute atomic E-state index is 0.0166. The lowest BCUT2D eigenvalue weighted by atomic mass is 10.1. The van der Waals surface area contributed by atoms with Gasteiger partial charge in [-0.15, -0.1) is 0 Å². The highest BCUT2D eigenvalue weighted by atomic mass is 19.1. The van der Waals surface area contributed by atoms with Crippen LogP contribution in [0.3, 0.4) is 0 Å². The fourth-order valence-electron chi connectivity index (χ4n) is 1.97. The highest BCUT2D eigenvalue weighted by molar-refractivity contribution is 5.78. The lowest BCUT2D eigenvalue weighted by Crippen LogP contribution is -2.40. The van der Waals surface area contributed by atoms with Gasteiger partial charge in [0.05, 0.1) is 19.2 Å². The van der Waals surface area contributed by atoms with Crippen molar-refractivity contribution < 1.29 is 14.3 Å². The fraction of sp³-hybridized carbons (Fsp3) is 0.533. The molecule has 0 spiro atoms. The van der Waals surface area contributed by atoms with Crippen molar-refractivity contribution in [2.45, 2.75) is 19.9 Å². The Bertz CT molecular complexity index is 422. The highest BCUT2D eigenvalue weighted by Crippen LogP contribution is 2.19. The molecule has 0 aliphatic carbocycles. The Labute approximate surface area is 119 Å². The van der Waals surface area contributed by atoms with Gasteiger partial charge in [-0.1, -0.05) is 19.1 Å². The number of amides is 1. The Balaban J connectivity index is 2.65. The molecule has 1 aromatic carbocycles. The van der Waals surface area contributed by atoms with Gasteiger partial charge in [0.15, 0.2) is 0 Å². The third-order valence-electron chi connectivity index (χ3n) is 3.55. The third-order valence-corrected chi connectivity index (χ3v) is 3.55. The molecule has 0 bridgehead atoms. The zero-order valence-corrected chi connectivity index (χ0v) is 12.3. The van der Waals surface area contributed by atoms with Crippen LogP contribution in [0.5, 0.6) is 0 Å². The summed E-state index contributed by atoms with van der Waals surface area (Å²) in [7, 11) is 1.74. The van der Waals surface area contributed by atoms with Crippen molar-refractivity contribution in [2.24, 2.45) is 0 Å². The van der Waals surface area contributed by atoms with E-state index in [0.29, 0.717) is 13.1 Å². The van der Waals surface area contributed by atoms with Gasteiger partial charge in [-0.2, -0.15) is 0 Å². The van der Waals surface area contributed by atoms with Gasteiger partial charge in [0.25, 0.3) is 0 Å². The zero-order valence-electron chi connectivity index (χ0n) is 12.3. The number of hydrogen-bond donors (Lipinski definition) is 1. The highest BCUT2D eigenvalue weighted by Gasteiger charge is 2.19. The molecule has 0 heterocycles. The molecule has 0 fully saturated rings. The first-order valence-corrected chi connectivity index (χ1v) is 6.84. The summed E-state index contributed by atoms with van der Waals surface area (Å²) in [6.07, 6.45) is 0. The van der Waals surface area contributed by atoms with Crippen LogP contribution in [0.4, 0.5) is 4.39 Å². The molecule has 20 heavy (non-hydrogen) atoms. The molecule has 112 valence electrons. The topological polar surface area (TPSA) is 43.8 Å². The first kappa shape index (κ1) is 16.6. The van der Waals surface area contributed by atoms with Crippen LogP contribution < -0.4 is 0 Å². The predicted molar refractivity (Wildman–Crippen MR) is 76.8 cm³/mol. The van der Waals surface area contributed by atoms with Crippen LogP contribution in [0, 0.1) is 5.82 Å². The number of benzene rings is 1. The third kappa shape index (κ3) is 4.58. The predicted octanol–water partition coefficient (Wildman–Crippen LogP) is 1.66. The van der Waals surface area contributed by atoms with Crippen LogP contribution in [0.1, 0.15) is 25.5 Å². The smallest absolute Gasteiger partial charge is 0.236 e. The number of carbonyl (C=O) groups excluding carboxylic acids is 1. The average molecular weight is 282 g/mol. The monoisotopic (exact) mass is 282 g/mol. The maximum atomic E-state index is 12.9. The van der Waals surface area contributed by atoms with Crippen molar-refractivity contribution in [1.29, 1.82) is 0 Å². The van der Waals surface area contributed by atoms with Gasteiger partial charge in [0.1, 0.15) is 5.82 Å². The lowest BCUT2D eigenvalue weighted by Gasteiger charge is -2.28. The van der Waals surface area contributed by atoms with E-state index in [1.165, 1.54) is 12.1 Å². The van der Waals surface area contributed by atoms with Gasteiger partial charge in [-0.05, 0) is 31.2 Å². The molecular weight excluding hydrogens is 259 g/mol. The van der Waals surface area contributed by atoms with Gasteiger partial charge >= 0.3 is 0 Å². The summed E-state index contributed by atoms with van der Waals surface area (Å²) >= 11 is 0. The molecule has 1 unspecified atom stereocenters. The Hall–Kier alpha value is -1.46. The van der Waals surface area contributed by atoms with E-state index in [2.05, 4.69) is 0 Å². The lowest BCUT2D eigenvalue weighted by molar-refractivity contribution is -0.133. The summed E-state index contributed by atoms with van der Waals surface area (Å²) in [5.74, 6) is -0.299. The molecule has 0 saturated carbocycles. The zero-order chi connectivity index (χ0) is 15.1. The molecule has 0 saturated heterocycles. The van der Waals surface area contributed by atoms with E-state index in [4.69, 9.17) is 5.11 Å². The van der Waals surface area contributed by atoms with Crippen LogP contribution in [0.2, 0.25) is 0 Å². The summed E-state index contributed by atoms with van der Waals surface area (Å²) in [4.78, 5) is 15.7. The Morgan fingerprint density at radius 1 is 1.35 bits per heavy atom. The van der Waals surface area contributed by atoms with E-state index >= 15 is 0 Å². The largest absolute Gasteiger partial charge is 0.395 e. The van der Waals surface area contributed by atoms with Gasteiger partial charge in [-0.25, -0.2) is 4.39 Å². The van der Waals surface area contributed by atoms with Crippen molar-refractivity contribution >= 4 is 5.91 Å². The van der Waals surface area contributed by atoms with Crippen molar-refractivity contribution in [3.05, 3.63) is 35.6 Å². The number of aliphatic hydroxyl groups excluding tert-OH is 1. The summed E-state index contributed by atoms with van der Waals surface area (Å²) in [5.41, 5.74) is 0.896. The van der Waals surface area contributed by atoms with Gasteiger partial charge in [-0.3, -0.25) is 9.69 Å². The van der Waals surface area contributed by atoms with Crippen molar-refractivity contribution in [3.63, 3.8) is 0 Å². The number of likely N-dealkylation sites (N-methyl/N-ethyl adjacent to an activating group) is 2. The molecule has 0 aliphatic heterocycles. The minimum Gasteiger partial charge on any atom is -0.395 e. The van der Waals surface area contributed by atoms with E-state index < -0.39 is 0 Å². The van der Waals surface area contributed by atoms with Crippen LogP contribution in [0.25, 0.3) is 0 Å². The second kappa shape index (κ2) is 7.97. The first-order chi connectivity index (χ1) is 9.49. The molecule has 5 heteroatoms. The molecule has 1 N–H and O–H groups in total. The van der Waals surface area contributed by atoms with Crippen LogP contribution >= 0.6 is 0 Å². The summed E-state index contributed by atoms with van der Waals surface area (Å²) in [5, 5.41) is 8.93. The first-order valence-electron chi connectivity index (χ1n) is 6.84. The standard InChI is InChI=1S/C15H23FN2O2/c1-4-18(9-10-19)11-15(20)17(3)12(2)13-5-7-14(16)8-6-13/h5-8,12,19H,4,9-11H2,1-3H3. The number of rotatable bonds is 7. The van der Waals surface area contributed by atoms with E-state index in [-0.39, 0.29) is 30.9 Å². The number of carbonyl (C=O) groups is 1. The Morgan fingerprint density at radius 2 is 1.95 bits per heavy atom. The molecule has 1 rings (SSSR count). The van der Waals surface area contributed by atoms with E-state index in [0.717, 1.165) is 5.56 Å².